The molecule has 0 aromatic carbocycles. The first kappa shape index (κ1) is 23.8. The molecule has 1 N–H and O–H groups in total. The van der Waals surface area contributed by atoms with E-state index in [1.807, 2.05) is 0 Å². The molecule has 1 aliphatic carbocycles. The van der Waals surface area contributed by atoms with Crippen LogP contribution in [0.1, 0.15) is 80.0 Å². The Bertz CT molecular complexity index is 936. The number of carbonyl (C=O) groups excluding carboxylic acids is 2. The van der Waals surface area contributed by atoms with Gasteiger partial charge in [-0.15, -0.1) is 21.5 Å². The summed E-state index contributed by atoms with van der Waals surface area (Å²) in [6.45, 7) is 11.5. The molecule has 3 rings (SSSR count). The van der Waals surface area contributed by atoms with E-state index in [1.165, 1.54) is 28.0 Å². The third kappa shape index (κ3) is 5.49. The van der Waals surface area contributed by atoms with Crippen molar-refractivity contribution in [1.29, 1.82) is 0 Å². The van der Waals surface area contributed by atoms with Gasteiger partial charge in [-0.05, 0) is 44.1 Å². The third-order valence-electron chi connectivity index (χ3n) is 5.29. The maximum Gasteiger partial charge on any atom is 0.341 e. The summed E-state index contributed by atoms with van der Waals surface area (Å²) in [7, 11) is 0. The lowest BCUT2D eigenvalue weighted by Crippen LogP contribution is -2.18. The Morgan fingerprint density at radius 1 is 1.32 bits per heavy atom. The molecular weight excluding hydrogens is 432 g/mol. The van der Waals surface area contributed by atoms with Crippen molar-refractivity contribution in [2.24, 2.45) is 5.92 Å². The maximum atomic E-state index is 12.8. The van der Waals surface area contributed by atoms with E-state index in [-0.39, 0.29) is 23.5 Å². The number of carbonyl (C=O) groups is 2. The van der Waals surface area contributed by atoms with Crippen LogP contribution in [0.2, 0.25) is 0 Å². The number of ether oxygens (including phenoxy) is 1. The van der Waals surface area contributed by atoms with Crippen LogP contribution in [0.5, 0.6) is 0 Å². The Morgan fingerprint density at radius 2 is 2.10 bits per heavy atom. The van der Waals surface area contributed by atoms with Gasteiger partial charge in [0.15, 0.2) is 5.16 Å². The lowest BCUT2D eigenvalue weighted by atomic mass is 9.88. The first-order valence-corrected chi connectivity index (χ1v) is 12.8. The molecule has 2 aromatic rings. The molecule has 7 nitrogen and oxygen atoms in total. The number of thioether (sulfide) groups is 1. The molecule has 0 aliphatic heterocycles. The van der Waals surface area contributed by atoms with E-state index in [4.69, 9.17) is 4.74 Å². The highest BCUT2D eigenvalue weighted by Crippen LogP contribution is 2.40. The van der Waals surface area contributed by atoms with Crippen molar-refractivity contribution in [3.8, 4) is 0 Å². The third-order valence-corrected chi connectivity index (χ3v) is 7.42. The van der Waals surface area contributed by atoms with Crippen LogP contribution in [0.15, 0.2) is 5.16 Å². The summed E-state index contributed by atoms with van der Waals surface area (Å²) >= 11 is 2.89. The fraction of sp³-hybridized carbons (Fsp3) is 0.636. The van der Waals surface area contributed by atoms with E-state index in [0.29, 0.717) is 23.1 Å². The van der Waals surface area contributed by atoms with Gasteiger partial charge in [0.1, 0.15) is 10.8 Å². The molecule has 2 heterocycles. The highest BCUT2D eigenvalue weighted by atomic mass is 32.2. The fourth-order valence-corrected chi connectivity index (χ4v) is 6.01. The molecule has 0 bridgehead atoms. The summed E-state index contributed by atoms with van der Waals surface area (Å²) < 4.78 is 7.38. The van der Waals surface area contributed by atoms with E-state index in [9.17, 15) is 9.59 Å². The van der Waals surface area contributed by atoms with E-state index < -0.39 is 0 Å². The number of rotatable bonds is 9. The minimum absolute atomic E-state index is 0.153. The second-order valence-corrected chi connectivity index (χ2v) is 10.3. The Balaban J connectivity index is 1.74. The number of hydrogen-bond acceptors (Lipinski definition) is 7. The quantitative estimate of drug-likeness (QED) is 0.419. The minimum Gasteiger partial charge on any atom is -0.462 e. The number of amides is 1. The summed E-state index contributed by atoms with van der Waals surface area (Å²) in [5.41, 5.74) is 1.59. The van der Waals surface area contributed by atoms with Crippen LogP contribution in [0, 0.1) is 5.92 Å². The smallest absolute Gasteiger partial charge is 0.341 e. The van der Waals surface area contributed by atoms with Gasteiger partial charge in [0, 0.05) is 17.3 Å². The standard InChI is InChI=1S/C22H32N4O3S2/c1-6-10-26-19(13(3)4)24-25-22(26)30-12-17(27)23-20-18(21(28)29-7-2)15-9-8-14(5)11-16(15)31-20/h13-14H,6-12H2,1-5H3,(H,23,27)/t14-/m1/s1. The highest BCUT2D eigenvalue weighted by molar-refractivity contribution is 7.99. The summed E-state index contributed by atoms with van der Waals surface area (Å²) in [5, 5.41) is 12.9. The van der Waals surface area contributed by atoms with Crippen LogP contribution in [0.3, 0.4) is 0 Å². The van der Waals surface area contributed by atoms with Crippen LogP contribution in [0.25, 0.3) is 0 Å². The number of nitrogens with zero attached hydrogens (tertiary/aromatic N) is 3. The number of thiophene rings is 1. The predicted molar refractivity (Wildman–Crippen MR) is 125 cm³/mol. The van der Waals surface area contributed by atoms with Crippen molar-refractivity contribution in [1.82, 2.24) is 14.8 Å². The maximum absolute atomic E-state index is 12.8. The van der Waals surface area contributed by atoms with Gasteiger partial charge in [-0.2, -0.15) is 0 Å². The van der Waals surface area contributed by atoms with Crippen molar-refractivity contribution in [2.75, 3.05) is 17.7 Å². The molecule has 2 aromatic heterocycles. The predicted octanol–water partition coefficient (Wildman–Crippen LogP) is 4.91. The second-order valence-electron chi connectivity index (χ2n) is 8.26. The van der Waals surface area contributed by atoms with Crippen LogP contribution in [-0.4, -0.2) is 39.0 Å². The number of fused-ring (bicyclic) bond motifs is 1. The van der Waals surface area contributed by atoms with Gasteiger partial charge in [-0.3, -0.25) is 4.79 Å². The molecule has 1 atom stereocenters. The molecular formula is C22H32N4O3S2. The molecule has 0 radical (unpaired) electrons. The summed E-state index contributed by atoms with van der Waals surface area (Å²) in [6.07, 6.45) is 3.81. The molecule has 0 fully saturated rings. The number of nitrogens with one attached hydrogen (secondary N) is 1. The first-order valence-electron chi connectivity index (χ1n) is 11.0. The zero-order chi connectivity index (χ0) is 22.5. The topological polar surface area (TPSA) is 86.1 Å². The number of esters is 1. The lowest BCUT2D eigenvalue weighted by Gasteiger charge is -2.18. The Hall–Kier alpha value is -1.87. The zero-order valence-electron chi connectivity index (χ0n) is 19.0. The molecule has 1 amide bonds. The summed E-state index contributed by atoms with van der Waals surface area (Å²) in [4.78, 5) is 26.6. The normalized spacial score (nSPS) is 15.7. The van der Waals surface area contributed by atoms with Crippen molar-refractivity contribution < 1.29 is 14.3 Å². The van der Waals surface area contributed by atoms with Crippen molar-refractivity contribution >= 4 is 40.0 Å². The van der Waals surface area contributed by atoms with Crippen molar-refractivity contribution in [3.63, 3.8) is 0 Å². The molecule has 31 heavy (non-hydrogen) atoms. The summed E-state index contributed by atoms with van der Waals surface area (Å²) in [5.74, 6) is 1.51. The van der Waals surface area contributed by atoms with E-state index in [2.05, 4.69) is 47.8 Å². The number of anilines is 1. The van der Waals surface area contributed by atoms with Gasteiger partial charge in [0.05, 0.1) is 17.9 Å². The van der Waals surface area contributed by atoms with Gasteiger partial charge < -0.3 is 14.6 Å². The fourth-order valence-electron chi connectivity index (χ4n) is 3.82. The average molecular weight is 465 g/mol. The van der Waals surface area contributed by atoms with Gasteiger partial charge in [0.2, 0.25) is 5.91 Å². The molecule has 9 heteroatoms. The number of hydrogen-bond donors (Lipinski definition) is 1. The van der Waals surface area contributed by atoms with E-state index in [0.717, 1.165) is 48.8 Å². The van der Waals surface area contributed by atoms with Crippen molar-refractivity contribution in [2.45, 2.75) is 77.9 Å². The van der Waals surface area contributed by atoms with Crippen LogP contribution in [-0.2, 0) is 28.9 Å². The Labute approximate surface area is 192 Å². The summed E-state index contributed by atoms with van der Waals surface area (Å²) in [6, 6.07) is 0. The Morgan fingerprint density at radius 3 is 2.77 bits per heavy atom. The highest BCUT2D eigenvalue weighted by Gasteiger charge is 2.29. The molecule has 0 unspecified atom stereocenters. The van der Waals surface area contributed by atoms with Crippen LogP contribution in [0.4, 0.5) is 5.00 Å². The molecule has 1 aliphatic rings. The van der Waals surface area contributed by atoms with Gasteiger partial charge in [-0.25, -0.2) is 4.79 Å². The largest absolute Gasteiger partial charge is 0.462 e. The van der Waals surface area contributed by atoms with Crippen LogP contribution < -0.4 is 5.32 Å². The van der Waals surface area contributed by atoms with Crippen molar-refractivity contribution in [3.05, 3.63) is 21.8 Å². The SMILES string of the molecule is CCCn1c(SCC(=O)Nc2sc3c(c2C(=O)OCC)CC[C@@H](C)C3)nnc1C(C)C. The molecule has 0 saturated heterocycles. The average Bonchev–Trinajstić information content (AvgIpc) is 3.27. The molecule has 170 valence electrons. The van der Waals surface area contributed by atoms with Gasteiger partial charge >= 0.3 is 5.97 Å². The zero-order valence-corrected chi connectivity index (χ0v) is 20.6. The van der Waals surface area contributed by atoms with Gasteiger partial charge in [-0.1, -0.05) is 39.5 Å². The molecule has 0 spiro atoms. The number of aromatic nitrogens is 3. The minimum atomic E-state index is -0.346. The van der Waals surface area contributed by atoms with Gasteiger partial charge in [0.25, 0.3) is 0 Å². The van der Waals surface area contributed by atoms with E-state index >= 15 is 0 Å². The first-order chi connectivity index (χ1) is 14.8. The Kier molecular flexibility index (Phi) is 8.16. The lowest BCUT2D eigenvalue weighted by molar-refractivity contribution is -0.113. The van der Waals surface area contributed by atoms with E-state index in [1.54, 1.807) is 6.92 Å². The second kappa shape index (κ2) is 10.6. The monoisotopic (exact) mass is 464 g/mol. The molecule has 0 saturated carbocycles. The van der Waals surface area contributed by atoms with Crippen LogP contribution >= 0.6 is 23.1 Å².